The van der Waals surface area contributed by atoms with Gasteiger partial charge in [-0.1, -0.05) is 6.07 Å². The fourth-order valence-electron chi connectivity index (χ4n) is 3.04. The number of aromatic nitrogens is 5. The molecule has 0 atom stereocenters. The Morgan fingerprint density at radius 3 is 3.04 bits per heavy atom. The van der Waals surface area contributed by atoms with E-state index in [1.807, 2.05) is 12.1 Å². The van der Waals surface area contributed by atoms with Gasteiger partial charge in [-0.2, -0.15) is 19.7 Å². The summed E-state index contributed by atoms with van der Waals surface area (Å²) in [4.78, 5) is 14.2. The molecule has 0 aliphatic carbocycles. The van der Waals surface area contributed by atoms with Crippen molar-refractivity contribution in [2.24, 2.45) is 0 Å². The molecular formula is C18H16N6O2S. The first-order valence-corrected chi connectivity index (χ1v) is 9.39. The van der Waals surface area contributed by atoms with Gasteiger partial charge in [0.25, 0.3) is 5.95 Å². The Morgan fingerprint density at radius 1 is 1.22 bits per heavy atom. The second kappa shape index (κ2) is 6.51. The van der Waals surface area contributed by atoms with Crippen LogP contribution in [0.4, 0.5) is 5.82 Å². The highest BCUT2D eigenvalue weighted by atomic mass is 32.1. The molecule has 0 spiro atoms. The van der Waals surface area contributed by atoms with Crippen LogP contribution in [0, 0.1) is 6.92 Å². The summed E-state index contributed by atoms with van der Waals surface area (Å²) in [5.41, 5.74) is 2.33. The lowest BCUT2D eigenvalue weighted by Crippen LogP contribution is -2.10. The Kier molecular flexibility index (Phi) is 3.86. The second-order valence-electron chi connectivity index (χ2n) is 6.18. The van der Waals surface area contributed by atoms with Gasteiger partial charge in [-0.05, 0) is 42.0 Å². The maximum absolute atomic E-state index is 5.45. The molecule has 0 unspecified atom stereocenters. The van der Waals surface area contributed by atoms with Gasteiger partial charge >= 0.3 is 0 Å². The van der Waals surface area contributed by atoms with Crippen LogP contribution in [0.25, 0.3) is 16.2 Å². The summed E-state index contributed by atoms with van der Waals surface area (Å²) < 4.78 is 12.4. The Hall–Kier alpha value is -3.20. The van der Waals surface area contributed by atoms with Gasteiger partial charge in [0.15, 0.2) is 11.5 Å². The lowest BCUT2D eigenvalue weighted by atomic mass is 10.1. The van der Waals surface area contributed by atoms with E-state index in [1.165, 1.54) is 11.9 Å². The topological polar surface area (TPSA) is 87.0 Å². The van der Waals surface area contributed by atoms with Crippen molar-refractivity contribution in [1.29, 1.82) is 0 Å². The van der Waals surface area contributed by atoms with Crippen molar-refractivity contribution in [2.45, 2.75) is 13.3 Å². The van der Waals surface area contributed by atoms with E-state index < -0.39 is 0 Å². The fourth-order valence-corrected chi connectivity index (χ4v) is 3.95. The van der Waals surface area contributed by atoms with Crippen LogP contribution in [-0.2, 0) is 6.42 Å². The molecule has 0 saturated heterocycles. The zero-order valence-corrected chi connectivity index (χ0v) is 15.4. The molecule has 5 rings (SSSR count). The molecule has 4 heterocycles. The Morgan fingerprint density at radius 2 is 2.15 bits per heavy atom. The molecule has 4 aromatic rings. The predicted molar refractivity (Wildman–Crippen MR) is 102 cm³/mol. The summed E-state index contributed by atoms with van der Waals surface area (Å²) in [5.74, 6) is 2.92. The van der Waals surface area contributed by atoms with Gasteiger partial charge in [0.2, 0.25) is 6.79 Å². The number of anilines is 1. The minimum absolute atomic E-state index is 0.290. The van der Waals surface area contributed by atoms with Crippen LogP contribution in [0.5, 0.6) is 11.5 Å². The molecule has 1 aromatic carbocycles. The SMILES string of the molecule is Cc1csc2nc(-n3cncn3)nc(NCCc3ccc4c(c3)OCO4)c12. The Labute approximate surface area is 158 Å². The van der Waals surface area contributed by atoms with E-state index in [4.69, 9.17) is 9.47 Å². The molecule has 136 valence electrons. The number of nitrogens with one attached hydrogen (secondary N) is 1. The van der Waals surface area contributed by atoms with Crippen LogP contribution < -0.4 is 14.8 Å². The molecule has 0 saturated carbocycles. The number of aryl methyl sites for hydroxylation is 1. The lowest BCUT2D eigenvalue weighted by molar-refractivity contribution is 0.174. The molecule has 3 aromatic heterocycles. The summed E-state index contributed by atoms with van der Waals surface area (Å²) in [5, 5.41) is 10.7. The quantitative estimate of drug-likeness (QED) is 0.569. The molecule has 1 N–H and O–H groups in total. The normalized spacial score (nSPS) is 12.6. The van der Waals surface area contributed by atoms with Crippen molar-refractivity contribution < 1.29 is 9.47 Å². The number of hydrogen-bond acceptors (Lipinski definition) is 8. The van der Waals surface area contributed by atoms with E-state index in [-0.39, 0.29) is 0 Å². The van der Waals surface area contributed by atoms with Crippen molar-refractivity contribution in [2.75, 3.05) is 18.7 Å². The number of thiophene rings is 1. The molecule has 0 bridgehead atoms. The zero-order valence-electron chi connectivity index (χ0n) is 14.5. The van der Waals surface area contributed by atoms with Crippen LogP contribution in [0.2, 0.25) is 0 Å². The number of ether oxygens (including phenoxy) is 2. The highest BCUT2D eigenvalue weighted by Gasteiger charge is 2.15. The molecule has 27 heavy (non-hydrogen) atoms. The van der Waals surface area contributed by atoms with Gasteiger partial charge in [-0.3, -0.25) is 0 Å². The average molecular weight is 380 g/mol. The molecule has 9 heteroatoms. The van der Waals surface area contributed by atoms with Crippen LogP contribution in [0.3, 0.4) is 0 Å². The highest BCUT2D eigenvalue weighted by Crippen LogP contribution is 2.33. The van der Waals surface area contributed by atoms with Crippen LogP contribution in [0.1, 0.15) is 11.1 Å². The molecule has 1 aliphatic rings. The predicted octanol–water partition coefficient (Wildman–Crippen LogP) is 2.96. The first-order valence-electron chi connectivity index (χ1n) is 8.51. The molecule has 0 radical (unpaired) electrons. The number of rotatable bonds is 5. The Balaban J connectivity index is 1.40. The van der Waals surface area contributed by atoms with Crippen molar-refractivity contribution in [3.63, 3.8) is 0 Å². The standard InChI is InChI=1S/C18H16N6O2S/c1-11-7-27-17-15(11)16(22-18(23-17)24-9-19-8-21-24)20-5-4-12-2-3-13-14(6-12)26-10-25-13/h2-3,6-9H,4-5,10H2,1H3,(H,20,22,23). The van der Waals surface area contributed by atoms with Gasteiger partial charge in [0.1, 0.15) is 23.3 Å². The third-order valence-corrected chi connectivity index (χ3v) is 5.36. The number of nitrogens with zero attached hydrogens (tertiary/aromatic N) is 5. The molecule has 1 aliphatic heterocycles. The van der Waals surface area contributed by atoms with E-state index in [2.05, 4.69) is 43.7 Å². The van der Waals surface area contributed by atoms with E-state index in [9.17, 15) is 0 Å². The van der Waals surface area contributed by atoms with Crippen LogP contribution in [-0.4, -0.2) is 38.1 Å². The van der Waals surface area contributed by atoms with Gasteiger partial charge < -0.3 is 14.8 Å². The third kappa shape index (κ3) is 2.95. The molecule has 0 amide bonds. The first-order chi connectivity index (χ1) is 13.3. The smallest absolute Gasteiger partial charge is 0.255 e. The lowest BCUT2D eigenvalue weighted by Gasteiger charge is -2.10. The monoisotopic (exact) mass is 380 g/mol. The summed E-state index contributed by atoms with van der Waals surface area (Å²) >= 11 is 1.60. The van der Waals surface area contributed by atoms with E-state index >= 15 is 0 Å². The van der Waals surface area contributed by atoms with Gasteiger partial charge in [-0.15, -0.1) is 11.3 Å². The van der Waals surface area contributed by atoms with E-state index in [1.54, 1.807) is 22.3 Å². The third-order valence-electron chi connectivity index (χ3n) is 4.37. The van der Waals surface area contributed by atoms with Crippen molar-refractivity contribution in [3.05, 3.63) is 47.4 Å². The number of fused-ring (bicyclic) bond motifs is 2. The molecule has 0 fully saturated rings. The minimum atomic E-state index is 0.290. The summed E-state index contributed by atoms with van der Waals surface area (Å²) in [7, 11) is 0. The first kappa shape index (κ1) is 16.0. The van der Waals surface area contributed by atoms with Crippen LogP contribution >= 0.6 is 11.3 Å². The molecular weight excluding hydrogens is 364 g/mol. The second-order valence-corrected chi connectivity index (χ2v) is 7.03. The largest absolute Gasteiger partial charge is 0.454 e. The van der Waals surface area contributed by atoms with Gasteiger partial charge in [0, 0.05) is 6.54 Å². The highest BCUT2D eigenvalue weighted by molar-refractivity contribution is 7.17. The van der Waals surface area contributed by atoms with E-state index in [0.29, 0.717) is 12.7 Å². The van der Waals surface area contributed by atoms with Crippen molar-refractivity contribution >= 4 is 27.4 Å². The number of benzene rings is 1. The van der Waals surface area contributed by atoms with Crippen molar-refractivity contribution in [1.82, 2.24) is 24.7 Å². The van der Waals surface area contributed by atoms with Gasteiger partial charge in [-0.25, -0.2) is 4.98 Å². The minimum Gasteiger partial charge on any atom is -0.454 e. The van der Waals surface area contributed by atoms with Gasteiger partial charge in [0.05, 0.1) is 5.39 Å². The fraction of sp³-hybridized carbons (Fsp3) is 0.222. The maximum Gasteiger partial charge on any atom is 0.255 e. The maximum atomic E-state index is 5.45. The van der Waals surface area contributed by atoms with Crippen molar-refractivity contribution in [3.8, 4) is 17.4 Å². The van der Waals surface area contributed by atoms with Crippen LogP contribution in [0.15, 0.2) is 36.2 Å². The number of hydrogen-bond donors (Lipinski definition) is 1. The summed E-state index contributed by atoms with van der Waals surface area (Å²) in [6.45, 7) is 3.09. The summed E-state index contributed by atoms with van der Waals surface area (Å²) in [6.07, 6.45) is 3.90. The summed E-state index contributed by atoms with van der Waals surface area (Å²) in [6, 6.07) is 6.03. The average Bonchev–Trinajstić information content (AvgIpc) is 3.42. The zero-order chi connectivity index (χ0) is 18.2. The van der Waals surface area contributed by atoms with E-state index in [0.717, 1.165) is 46.1 Å². The molecule has 8 nitrogen and oxygen atoms in total. The Bertz CT molecular complexity index is 1110.